The molecule has 5 rings (SSSR count). The Morgan fingerprint density at radius 1 is 1.03 bits per heavy atom. The lowest BCUT2D eigenvalue weighted by Crippen LogP contribution is -2.10. The molecule has 4 aromatic rings. The molecule has 0 atom stereocenters. The van der Waals surface area contributed by atoms with Crippen LogP contribution in [-0.4, -0.2) is 49.9 Å². The molecule has 2 N–H and O–H groups in total. The van der Waals surface area contributed by atoms with E-state index in [1.54, 1.807) is 29.2 Å². The number of aromatic hydroxyl groups is 1. The van der Waals surface area contributed by atoms with Crippen LogP contribution in [-0.2, 0) is 7.05 Å². The topological polar surface area (TPSA) is 79.1 Å². The maximum absolute atomic E-state index is 10.0. The monoisotopic (exact) mass is 426 g/mol. The van der Waals surface area contributed by atoms with Crippen molar-refractivity contribution in [1.29, 1.82) is 0 Å². The fourth-order valence-corrected chi connectivity index (χ4v) is 3.61. The van der Waals surface area contributed by atoms with E-state index in [4.69, 9.17) is 6.42 Å². The van der Waals surface area contributed by atoms with Crippen LogP contribution in [0.25, 0.3) is 22.0 Å². The van der Waals surface area contributed by atoms with Gasteiger partial charge in [0.1, 0.15) is 5.75 Å². The van der Waals surface area contributed by atoms with Gasteiger partial charge in [0.05, 0.1) is 11.7 Å². The highest BCUT2D eigenvalue weighted by atomic mass is 16.3. The number of hydrogen-bond acceptors (Lipinski definition) is 6. The van der Waals surface area contributed by atoms with Gasteiger partial charge in [-0.05, 0) is 68.9 Å². The first-order chi connectivity index (χ1) is 15.5. The molecule has 0 spiro atoms. The number of hydrogen-bond donors (Lipinski definition) is 2. The number of terminal acetylenes is 1. The van der Waals surface area contributed by atoms with E-state index in [-0.39, 0.29) is 5.75 Å². The molecular weight excluding hydrogens is 400 g/mol. The molecule has 32 heavy (non-hydrogen) atoms. The van der Waals surface area contributed by atoms with E-state index < -0.39 is 0 Å². The Morgan fingerprint density at radius 3 is 2.50 bits per heavy atom. The first kappa shape index (κ1) is 21.3. The van der Waals surface area contributed by atoms with Crippen LogP contribution in [0.3, 0.4) is 0 Å². The Balaban J connectivity index is 0.000000354. The molecule has 3 heterocycles. The molecule has 0 radical (unpaired) electrons. The van der Waals surface area contributed by atoms with E-state index in [9.17, 15) is 5.11 Å². The van der Waals surface area contributed by atoms with Gasteiger partial charge in [-0.25, -0.2) is 9.97 Å². The minimum Gasteiger partial charge on any atom is -0.508 e. The average Bonchev–Trinajstić information content (AvgIpc) is 3.44. The zero-order valence-corrected chi connectivity index (χ0v) is 18.3. The lowest BCUT2D eigenvalue weighted by Gasteiger charge is -2.08. The number of nitrogens with one attached hydrogen (secondary N) is 1. The van der Waals surface area contributed by atoms with Crippen molar-refractivity contribution in [1.82, 2.24) is 24.6 Å². The second-order valence-electron chi connectivity index (χ2n) is 7.92. The number of likely N-dealkylation sites (tertiary alicyclic amines) is 1. The quantitative estimate of drug-likeness (QED) is 0.479. The van der Waals surface area contributed by atoms with Crippen LogP contribution >= 0.6 is 0 Å². The zero-order chi connectivity index (χ0) is 22.5. The van der Waals surface area contributed by atoms with E-state index in [1.165, 1.54) is 25.9 Å². The first-order valence-corrected chi connectivity index (χ1v) is 10.5. The predicted octanol–water partition coefficient (Wildman–Crippen LogP) is 4.17. The van der Waals surface area contributed by atoms with Crippen LogP contribution in [0.1, 0.15) is 18.4 Å². The van der Waals surface area contributed by atoms with E-state index in [2.05, 4.69) is 38.3 Å². The van der Waals surface area contributed by atoms with Gasteiger partial charge in [-0.15, -0.1) is 6.42 Å². The second kappa shape index (κ2) is 9.50. The van der Waals surface area contributed by atoms with E-state index in [1.807, 2.05) is 37.5 Å². The smallest absolute Gasteiger partial charge is 0.227 e. The normalized spacial score (nSPS) is 13.4. The van der Waals surface area contributed by atoms with E-state index in [0.717, 1.165) is 27.6 Å². The number of aromatic nitrogens is 4. The summed E-state index contributed by atoms with van der Waals surface area (Å²) in [6, 6.07) is 10.8. The minimum absolute atomic E-state index is 0.147. The van der Waals surface area contributed by atoms with Crippen LogP contribution in [0.15, 0.2) is 55.0 Å². The van der Waals surface area contributed by atoms with Crippen molar-refractivity contribution >= 4 is 22.5 Å². The van der Waals surface area contributed by atoms with E-state index >= 15 is 0 Å². The Morgan fingerprint density at radius 2 is 1.84 bits per heavy atom. The van der Waals surface area contributed by atoms with Gasteiger partial charge in [0, 0.05) is 47.7 Å². The number of nitrogens with zero attached hydrogens (tertiary/aromatic N) is 5. The van der Waals surface area contributed by atoms with Gasteiger partial charge in [0.25, 0.3) is 0 Å². The zero-order valence-electron chi connectivity index (χ0n) is 18.3. The van der Waals surface area contributed by atoms with Crippen molar-refractivity contribution in [2.45, 2.75) is 12.8 Å². The van der Waals surface area contributed by atoms with E-state index in [0.29, 0.717) is 11.6 Å². The summed E-state index contributed by atoms with van der Waals surface area (Å²) < 4.78 is 1.71. The molecule has 1 aliphatic rings. The highest BCUT2D eigenvalue weighted by Gasteiger charge is 2.07. The SMILES string of the molecule is C#Cc1ccc2nc(Nc3cc(O)cc(-c4cnn(C)c4)c3)ncc2c1.CN1CCCC1. The minimum atomic E-state index is 0.147. The summed E-state index contributed by atoms with van der Waals surface area (Å²) in [6.07, 6.45) is 13.6. The third-order valence-corrected chi connectivity index (χ3v) is 5.29. The van der Waals surface area contributed by atoms with Crippen molar-refractivity contribution in [3.05, 3.63) is 60.6 Å². The molecule has 162 valence electrons. The lowest BCUT2D eigenvalue weighted by atomic mass is 10.1. The molecule has 1 saturated heterocycles. The molecule has 0 bridgehead atoms. The molecule has 2 aromatic carbocycles. The second-order valence-corrected chi connectivity index (χ2v) is 7.92. The highest BCUT2D eigenvalue weighted by molar-refractivity contribution is 5.81. The number of phenols is 1. The van der Waals surface area contributed by atoms with Crippen molar-refractivity contribution in [2.24, 2.45) is 7.05 Å². The summed E-state index contributed by atoms with van der Waals surface area (Å²) in [6.45, 7) is 2.64. The number of phenolic OH excluding ortho intramolecular Hbond substituents is 1. The maximum Gasteiger partial charge on any atom is 0.227 e. The van der Waals surface area contributed by atoms with Crippen LogP contribution in [0.5, 0.6) is 5.75 Å². The maximum atomic E-state index is 10.0. The van der Waals surface area contributed by atoms with Gasteiger partial charge in [0.15, 0.2) is 0 Å². The molecule has 0 unspecified atom stereocenters. The first-order valence-electron chi connectivity index (χ1n) is 10.5. The number of benzene rings is 2. The van der Waals surface area contributed by atoms with Crippen LogP contribution < -0.4 is 5.32 Å². The van der Waals surface area contributed by atoms with Gasteiger partial charge >= 0.3 is 0 Å². The van der Waals surface area contributed by atoms with Crippen LogP contribution in [0.4, 0.5) is 11.6 Å². The Labute approximate surface area is 187 Å². The van der Waals surface area contributed by atoms with Crippen LogP contribution in [0.2, 0.25) is 0 Å². The van der Waals surface area contributed by atoms with Gasteiger partial charge in [-0.1, -0.05) is 5.92 Å². The third kappa shape index (κ3) is 5.23. The molecule has 2 aromatic heterocycles. The van der Waals surface area contributed by atoms with Crippen LogP contribution in [0, 0.1) is 12.3 Å². The van der Waals surface area contributed by atoms with Crippen molar-refractivity contribution < 1.29 is 5.11 Å². The summed E-state index contributed by atoms with van der Waals surface area (Å²) in [7, 11) is 4.02. The van der Waals surface area contributed by atoms with Crippen molar-refractivity contribution in [2.75, 3.05) is 25.5 Å². The van der Waals surface area contributed by atoms with Gasteiger partial charge in [-0.2, -0.15) is 5.10 Å². The Bertz CT molecular complexity index is 1270. The summed E-state index contributed by atoms with van der Waals surface area (Å²) >= 11 is 0. The third-order valence-electron chi connectivity index (χ3n) is 5.29. The molecule has 0 amide bonds. The van der Waals surface area contributed by atoms with Crippen molar-refractivity contribution in [3.63, 3.8) is 0 Å². The summed E-state index contributed by atoms with van der Waals surface area (Å²) in [5.41, 5.74) is 4.02. The fourth-order valence-electron chi connectivity index (χ4n) is 3.61. The molecule has 1 fully saturated rings. The lowest BCUT2D eigenvalue weighted by molar-refractivity contribution is 0.418. The van der Waals surface area contributed by atoms with Gasteiger partial charge in [0.2, 0.25) is 5.95 Å². The number of rotatable bonds is 3. The molecule has 0 aliphatic carbocycles. The standard InChI is InChI=1S/C20H15N5O.C5H11N/c1-3-13-4-5-19-15(6-13)10-21-20(24-19)23-17-7-14(8-18(26)9-17)16-11-22-25(2)12-16;1-6-4-2-3-5-6/h1,4-12,26H,2H3,(H,21,23,24);2-5H2,1H3. The summed E-state index contributed by atoms with van der Waals surface area (Å²) in [5, 5.41) is 18.2. The molecule has 7 heteroatoms. The summed E-state index contributed by atoms with van der Waals surface area (Å²) in [4.78, 5) is 11.2. The number of aryl methyl sites for hydroxylation is 1. The molecule has 7 nitrogen and oxygen atoms in total. The summed E-state index contributed by atoms with van der Waals surface area (Å²) in [5.74, 6) is 3.18. The number of anilines is 2. The molecular formula is C25H26N6O. The fraction of sp³-hybridized carbons (Fsp3) is 0.240. The van der Waals surface area contributed by atoms with Crippen molar-refractivity contribution in [3.8, 4) is 29.2 Å². The largest absolute Gasteiger partial charge is 0.508 e. The average molecular weight is 427 g/mol. The Hall–Kier alpha value is -3.89. The predicted molar refractivity (Wildman–Crippen MR) is 128 cm³/mol. The molecule has 1 aliphatic heterocycles. The molecule has 0 saturated carbocycles. The van der Waals surface area contributed by atoms with Gasteiger partial charge in [-0.3, -0.25) is 4.68 Å². The van der Waals surface area contributed by atoms with Gasteiger partial charge < -0.3 is 15.3 Å². The Kier molecular flexibility index (Phi) is 6.34. The number of fused-ring (bicyclic) bond motifs is 1. The highest BCUT2D eigenvalue weighted by Crippen LogP contribution is 2.29.